The van der Waals surface area contributed by atoms with Crippen LogP contribution < -0.4 is 10.0 Å². The summed E-state index contributed by atoms with van der Waals surface area (Å²) in [6, 6.07) is 4.70. The van der Waals surface area contributed by atoms with E-state index in [4.69, 9.17) is 16.3 Å². The van der Waals surface area contributed by atoms with Gasteiger partial charge in [0.05, 0.1) is 17.6 Å². The average Bonchev–Trinajstić information content (AvgIpc) is 2.42. The summed E-state index contributed by atoms with van der Waals surface area (Å²) in [5, 5.41) is 3.68. The summed E-state index contributed by atoms with van der Waals surface area (Å²) >= 11 is 6.07. The van der Waals surface area contributed by atoms with Crippen molar-refractivity contribution in [2.75, 3.05) is 19.7 Å². The molecule has 0 bridgehead atoms. The molecule has 1 rings (SSSR count). The van der Waals surface area contributed by atoms with Gasteiger partial charge in [0.15, 0.2) is 0 Å². The molecule has 0 unspecified atom stereocenters. The summed E-state index contributed by atoms with van der Waals surface area (Å²) in [5.41, 5.74) is 0.764. The maximum absolute atomic E-state index is 12.2. The van der Waals surface area contributed by atoms with Gasteiger partial charge in [-0.1, -0.05) is 18.5 Å². The highest BCUT2D eigenvalue weighted by Crippen LogP contribution is 2.20. The largest absolute Gasteiger partial charge is 0.377 e. The van der Waals surface area contributed by atoms with Gasteiger partial charge in [0.1, 0.15) is 0 Å². The Hall–Kier alpha value is -0.660. The smallest absolute Gasteiger partial charge is 0.240 e. The minimum absolute atomic E-state index is 0.0803. The summed E-state index contributed by atoms with van der Waals surface area (Å²) in [7, 11) is -3.54. The van der Waals surface area contributed by atoms with Crippen molar-refractivity contribution < 1.29 is 13.2 Å². The molecule has 120 valence electrons. The molecule has 7 heteroatoms. The van der Waals surface area contributed by atoms with Crippen LogP contribution in [-0.2, 0) is 21.3 Å². The SMILES string of the molecule is CCNCc1cc(S(=O)(=O)NCCOC(C)C)ccc1Cl. The molecule has 0 aliphatic carbocycles. The molecule has 0 fully saturated rings. The number of rotatable bonds is 9. The van der Waals surface area contributed by atoms with E-state index in [1.807, 2.05) is 20.8 Å². The molecule has 1 aromatic rings. The zero-order valence-electron chi connectivity index (χ0n) is 12.6. The summed E-state index contributed by atoms with van der Waals surface area (Å²) < 4.78 is 32.2. The van der Waals surface area contributed by atoms with Crippen LogP contribution in [0.15, 0.2) is 23.1 Å². The number of nitrogens with one attached hydrogen (secondary N) is 2. The van der Waals surface area contributed by atoms with Crippen molar-refractivity contribution in [3.05, 3.63) is 28.8 Å². The van der Waals surface area contributed by atoms with Crippen molar-refractivity contribution in [2.45, 2.75) is 38.3 Å². The lowest BCUT2D eigenvalue weighted by atomic mass is 10.2. The highest BCUT2D eigenvalue weighted by Gasteiger charge is 2.15. The lowest BCUT2D eigenvalue weighted by molar-refractivity contribution is 0.0834. The van der Waals surface area contributed by atoms with Crippen molar-refractivity contribution in [3.63, 3.8) is 0 Å². The monoisotopic (exact) mass is 334 g/mol. The van der Waals surface area contributed by atoms with Crippen LogP contribution in [0.4, 0.5) is 0 Å². The Kier molecular flexibility index (Phi) is 7.62. The maximum atomic E-state index is 12.2. The highest BCUT2D eigenvalue weighted by atomic mass is 35.5. The van der Waals surface area contributed by atoms with Gasteiger partial charge in [-0.2, -0.15) is 0 Å². The fourth-order valence-electron chi connectivity index (χ4n) is 1.67. The Morgan fingerprint density at radius 2 is 2.05 bits per heavy atom. The van der Waals surface area contributed by atoms with Gasteiger partial charge in [-0.05, 0) is 44.2 Å². The average molecular weight is 335 g/mol. The second kappa shape index (κ2) is 8.70. The Bertz CT molecular complexity index is 547. The molecule has 0 aliphatic rings. The lowest BCUT2D eigenvalue weighted by Gasteiger charge is -2.11. The van der Waals surface area contributed by atoms with Gasteiger partial charge in [0.25, 0.3) is 0 Å². The fraction of sp³-hybridized carbons (Fsp3) is 0.571. The minimum Gasteiger partial charge on any atom is -0.377 e. The molecule has 2 N–H and O–H groups in total. The zero-order chi connectivity index (χ0) is 15.9. The normalized spacial score (nSPS) is 12.0. The Balaban J connectivity index is 2.73. The van der Waals surface area contributed by atoms with E-state index in [0.29, 0.717) is 18.2 Å². The first-order valence-electron chi connectivity index (χ1n) is 6.97. The Labute approximate surface area is 132 Å². The van der Waals surface area contributed by atoms with Crippen LogP contribution >= 0.6 is 11.6 Å². The van der Waals surface area contributed by atoms with Gasteiger partial charge >= 0.3 is 0 Å². The molecule has 0 heterocycles. The minimum atomic E-state index is -3.54. The van der Waals surface area contributed by atoms with E-state index in [1.165, 1.54) is 6.07 Å². The summed E-state index contributed by atoms with van der Waals surface area (Å²) in [6.45, 7) is 7.69. The second-order valence-electron chi connectivity index (χ2n) is 4.85. The van der Waals surface area contributed by atoms with E-state index < -0.39 is 10.0 Å². The highest BCUT2D eigenvalue weighted by molar-refractivity contribution is 7.89. The van der Waals surface area contributed by atoms with Crippen molar-refractivity contribution in [2.24, 2.45) is 0 Å². The number of hydrogen-bond acceptors (Lipinski definition) is 4. The van der Waals surface area contributed by atoms with Gasteiger partial charge in [-0.3, -0.25) is 0 Å². The van der Waals surface area contributed by atoms with Crippen LogP contribution in [0.3, 0.4) is 0 Å². The van der Waals surface area contributed by atoms with E-state index in [-0.39, 0.29) is 17.5 Å². The van der Waals surface area contributed by atoms with E-state index in [2.05, 4.69) is 10.0 Å². The summed E-state index contributed by atoms with van der Waals surface area (Å²) in [4.78, 5) is 0.212. The van der Waals surface area contributed by atoms with Crippen molar-refractivity contribution in [1.82, 2.24) is 10.0 Å². The molecule has 0 aromatic heterocycles. The fourth-order valence-corrected chi connectivity index (χ4v) is 2.92. The third-order valence-corrected chi connectivity index (χ3v) is 4.57. The number of sulfonamides is 1. The molecule has 0 saturated carbocycles. The number of ether oxygens (including phenoxy) is 1. The Morgan fingerprint density at radius 1 is 1.33 bits per heavy atom. The molecule has 0 saturated heterocycles. The van der Waals surface area contributed by atoms with Gasteiger partial charge in [-0.15, -0.1) is 0 Å². The molecular formula is C14H23ClN2O3S. The van der Waals surface area contributed by atoms with Crippen LogP contribution in [0, 0.1) is 0 Å². The Morgan fingerprint density at radius 3 is 2.67 bits per heavy atom. The second-order valence-corrected chi connectivity index (χ2v) is 7.03. The predicted octanol–water partition coefficient (Wildman–Crippen LogP) is 2.15. The van der Waals surface area contributed by atoms with Crippen molar-refractivity contribution in [3.8, 4) is 0 Å². The number of hydrogen-bond donors (Lipinski definition) is 2. The molecule has 0 atom stereocenters. The van der Waals surface area contributed by atoms with Gasteiger partial charge < -0.3 is 10.1 Å². The van der Waals surface area contributed by atoms with Crippen molar-refractivity contribution in [1.29, 1.82) is 0 Å². The van der Waals surface area contributed by atoms with E-state index in [1.54, 1.807) is 12.1 Å². The first-order chi connectivity index (χ1) is 9.86. The molecular weight excluding hydrogens is 312 g/mol. The molecule has 0 aliphatic heterocycles. The number of benzene rings is 1. The molecule has 21 heavy (non-hydrogen) atoms. The van der Waals surface area contributed by atoms with Crippen LogP contribution in [0.1, 0.15) is 26.3 Å². The number of halogens is 1. The molecule has 1 aromatic carbocycles. The summed E-state index contributed by atoms with van der Waals surface area (Å²) in [6.07, 6.45) is 0.0803. The van der Waals surface area contributed by atoms with E-state index >= 15 is 0 Å². The molecule has 0 amide bonds. The van der Waals surface area contributed by atoms with E-state index in [0.717, 1.165) is 12.1 Å². The lowest BCUT2D eigenvalue weighted by Crippen LogP contribution is -2.28. The molecule has 5 nitrogen and oxygen atoms in total. The third kappa shape index (κ3) is 6.32. The first-order valence-corrected chi connectivity index (χ1v) is 8.83. The van der Waals surface area contributed by atoms with Gasteiger partial charge in [0, 0.05) is 18.1 Å². The first kappa shape index (κ1) is 18.4. The third-order valence-electron chi connectivity index (χ3n) is 2.74. The van der Waals surface area contributed by atoms with Crippen LogP contribution in [0.5, 0.6) is 0 Å². The molecule has 0 radical (unpaired) electrons. The van der Waals surface area contributed by atoms with Crippen LogP contribution in [-0.4, -0.2) is 34.2 Å². The molecule has 0 spiro atoms. The predicted molar refractivity (Wildman–Crippen MR) is 85.1 cm³/mol. The zero-order valence-corrected chi connectivity index (χ0v) is 14.2. The van der Waals surface area contributed by atoms with Crippen LogP contribution in [0.25, 0.3) is 0 Å². The standard InChI is InChI=1S/C14H23ClN2O3S/c1-4-16-10-12-9-13(5-6-14(12)15)21(18,19)17-7-8-20-11(2)3/h5-6,9,11,16-17H,4,7-8,10H2,1-3H3. The van der Waals surface area contributed by atoms with E-state index in [9.17, 15) is 8.42 Å². The van der Waals surface area contributed by atoms with Gasteiger partial charge in [-0.25, -0.2) is 13.1 Å². The summed E-state index contributed by atoms with van der Waals surface area (Å²) in [5.74, 6) is 0. The maximum Gasteiger partial charge on any atom is 0.240 e. The van der Waals surface area contributed by atoms with Crippen LogP contribution in [0.2, 0.25) is 5.02 Å². The quantitative estimate of drug-likeness (QED) is 0.679. The topological polar surface area (TPSA) is 67.4 Å². The van der Waals surface area contributed by atoms with Gasteiger partial charge in [0.2, 0.25) is 10.0 Å². The van der Waals surface area contributed by atoms with Crippen molar-refractivity contribution >= 4 is 21.6 Å².